The molecule has 2 aliphatic rings. The summed E-state index contributed by atoms with van der Waals surface area (Å²) in [5, 5.41) is 8.80. The normalized spacial score (nSPS) is 17.5. The number of nitrogens with one attached hydrogen (secondary N) is 3. The van der Waals surface area contributed by atoms with E-state index >= 15 is 0 Å². The maximum atomic E-state index is 12.9. The average Bonchev–Trinajstić information content (AvgIpc) is 3.41. The van der Waals surface area contributed by atoms with Gasteiger partial charge in [0.15, 0.2) is 11.0 Å². The molecule has 2 amide bonds. The van der Waals surface area contributed by atoms with E-state index in [0.717, 1.165) is 36.2 Å². The molecule has 1 aromatic rings. The number of rotatable bonds is 6. The Morgan fingerprint density at radius 1 is 1.23 bits per heavy atom. The van der Waals surface area contributed by atoms with Crippen molar-refractivity contribution in [3.8, 4) is 0 Å². The summed E-state index contributed by atoms with van der Waals surface area (Å²) in [6, 6.07) is 5.03. The zero-order chi connectivity index (χ0) is 21.5. The number of urea groups is 1. The van der Waals surface area contributed by atoms with E-state index in [4.69, 9.17) is 0 Å². The highest BCUT2D eigenvalue weighted by atomic mass is 32.2. The number of hydrogen-bond acceptors (Lipinski definition) is 7. The van der Waals surface area contributed by atoms with Gasteiger partial charge in [-0.25, -0.2) is 4.79 Å². The Morgan fingerprint density at radius 3 is 2.73 bits per heavy atom. The third kappa shape index (κ3) is 5.85. The number of thioether (sulfide) groups is 1. The molecule has 1 aromatic carbocycles. The van der Waals surface area contributed by atoms with Gasteiger partial charge in [0.05, 0.1) is 19.3 Å². The van der Waals surface area contributed by atoms with Gasteiger partial charge >= 0.3 is 12.0 Å². The summed E-state index contributed by atoms with van der Waals surface area (Å²) < 4.78 is 4.56. The van der Waals surface area contributed by atoms with Crippen LogP contribution < -0.4 is 16.0 Å². The number of ketones is 1. The van der Waals surface area contributed by atoms with E-state index in [2.05, 4.69) is 25.7 Å². The number of nitrogens with zero attached hydrogens (tertiary/aromatic N) is 1. The van der Waals surface area contributed by atoms with E-state index in [0.29, 0.717) is 23.0 Å². The SMILES string of the molecule is COC(=O)CNC=C1CN=C(NC(=O)Nc2ccc(C)cc2C(=O)C2CCCC2)S1. The molecule has 1 fully saturated rings. The lowest BCUT2D eigenvalue weighted by Crippen LogP contribution is -2.32. The first-order valence-electron chi connectivity index (χ1n) is 9.90. The van der Waals surface area contributed by atoms with Crippen molar-refractivity contribution in [3.63, 3.8) is 0 Å². The van der Waals surface area contributed by atoms with Crippen LogP contribution in [0.15, 0.2) is 34.3 Å². The fourth-order valence-electron chi connectivity index (χ4n) is 3.43. The molecule has 1 heterocycles. The number of amides is 2. The molecule has 0 aromatic heterocycles. The van der Waals surface area contributed by atoms with Crippen LogP contribution in [0, 0.1) is 12.8 Å². The van der Waals surface area contributed by atoms with E-state index < -0.39 is 6.03 Å². The quantitative estimate of drug-likeness (QED) is 0.472. The van der Waals surface area contributed by atoms with Crippen LogP contribution in [-0.2, 0) is 9.53 Å². The minimum atomic E-state index is -0.450. The number of benzene rings is 1. The van der Waals surface area contributed by atoms with Crippen molar-refractivity contribution in [2.24, 2.45) is 10.9 Å². The van der Waals surface area contributed by atoms with Gasteiger partial charge in [0.1, 0.15) is 6.54 Å². The van der Waals surface area contributed by atoms with Crippen molar-refractivity contribution in [2.45, 2.75) is 32.6 Å². The van der Waals surface area contributed by atoms with Crippen LogP contribution in [0.1, 0.15) is 41.6 Å². The van der Waals surface area contributed by atoms with Crippen LogP contribution in [0.4, 0.5) is 10.5 Å². The van der Waals surface area contributed by atoms with Gasteiger partial charge in [-0.05, 0) is 31.9 Å². The number of aryl methyl sites for hydroxylation is 1. The zero-order valence-corrected chi connectivity index (χ0v) is 17.9. The summed E-state index contributed by atoms with van der Waals surface area (Å²) >= 11 is 1.30. The van der Waals surface area contributed by atoms with E-state index in [1.807, 2.05) is 19.1 Å². The molecular weight excluding hydrogens is 404 g/mol. The predicted molar refractivity (Wildman–Crippen MR) is 118 cm³/mol. The number of Topliss-reactive ketones (excluding diaryl/α,β-unsaturated/α-hetero) is 1. The minimum absolute atomic E-state index is 0.0374. The monoisotopic (exact) mass is 430 g/mol. The maximum Gasteiger partial charge on any atom is 0.325 e. The molecule has 8 nitrogen and oxygen atoms in total. The first-order chi connectivity index (χ1) is 14.5. The van der Waals surface area contributed by atoms with E-state index in [1.165, 1.54) is 18.9 Å². The number of methoxy groups -OCH3 is 1. The van der Waals surface area contributed by atoms with Gasteiger partial charge in [-0.15, -0.1) is 0 Å². The van der Waals surface area contributed by atoms with E-state index in [9.17, 15) is 14.4 Å². The molecule has 0 radical (unpaired) electrons. The smallest absolute Gasteiger partial charge is 0.325 e. The van der Waals surface area contributed by atoms with Gasteiger partial charge in [-0.2, -0.15) is 0 Å². The lowest BCUT2D eigenvalue weighted by molar-refractivity contribution is -0.139. The molecular formula is C21H26N4O4S. The lowest BCUT2D eigenvalue weighted by Gasteiger charge is -2.15. The van der Waals surface area contributed by atoms with Crippen LogP contribution in [0.3, 0.4) is 0 Å². The van der Waals surface area contributed by atoms with Crippen LogP contribution in [-0.4, -0.2) is 43.2 Å². The highest BCUT2D eigenvalue weighted by molar-refractivity contribution is 8.17. The Labute approximate surface area is 179 Å². The van der Waals surface area contributed by atoms with Gasteiger partial charge in [0.25, 0.3) is 0 Å². The van der Waals surface area contributed by atoms with Crippen molar-refractivity contribution in [1.82, 2.24) is 10.6 Å². The molecule has 0 spiro atoms. The molecule has 1 aliphatic carbocycles. The molecule has 0 saturated heterocycles. The second-order valence-corrected chi connectivity index (χ2v) is 8.38. The molecule has 3 N–H and O–H groups in total. The molecule has 0 atom stereocenters. The van der Waals surface area contributed by atoms with E-state index in [1.54, 1.807) is 12.3 Å². The number of hydrogen-bond donors (Lipinski definition) is 3. The minimum Gasteiger partial charge on any atom is -0.468 e. The predicted octanol–water partition coefficient (Wildman–Crippen LogP) is 3.20. The number of anilines is 1. The molecule has 0 unspecified atom stereocenters. The summed E-state index contributed by atoms with van der Waals surface area (Å²) in [4.78, 5) is 41.6. The maximum absolute atomic E-state index is 12.9. The third-order valence-electron chi connectivity index (χ3n) is 4.98. The summed E-state index contributed by atoms with van der Waals surface area (Å²) in [5.41, 5.74) is 2.05. The third-order valence-corrected chi connectivity index (χ3v) is 5.91. The Morgan fingerprint density at radius 2 is 2.00 bits per heavy atom. The molecule has 30 heavy (non-hydrogen) atoms. The molecule has 3 rings (SSSR count). The molecule has 1 saturated carbocycles. The molecule has 160 valence electrons. The standard InChI is InChI=1S/C21H26N4O4S/c1-13-7-8-17(16(9-13)19(27)14-5-3-4-6-14)24-20(28)25-21-23-11-15(30-21)10-22-12-18(26)29-2/h7-10,14,22H,3-6,11-12H2,1-2H3,(H2,23,24,25,28). The number of ether oxygens (including phenoxy) is 1. The largest absolute Gasteiger partial charge is 0.468 e. The highest BCUT2D eigenvalue weighted by Crippen LogP contribution is 2.31. The number of esters is 1. The first kappa shape index (κ1) is 21.9. The molecule has 0 bridgehead atoms. The van der Waals surface area contributed by atoms with Gasteiger partial charge < -0.3 is 15.4 Å². The summed E-state index contributed by atoms with van der Waals surface area (Å²) in [7, 11) is 1.33. The number of aliphatic imine (C=N–C) groups is 1. The van der Waals surface area contributed by atoms with Crippen molar-refractivity contribution < 1.29 is 19.1 Å². The summed E-state index contributed by atoms with van der Waals surface area (Å²) in [5.74, 6) is -0.231. The Hall–Kier alpha value is -2.81. The highest BCUT2D eigenvalue weighted by Gasteiger charge is 2.26. The zero-order valence-electron chi connectivity index (χ0n) is 17.1. The fourth-order valence-corrected chi connectivity index (χ4v) is 4.22. The molecule has 9 heteroatoms. The number of amidine groups is 1. The topological polar surface area (TPSA) is 109 Å². The van der Waals surface area contributed by atoms with Crippen LogP contribution in [0.25, 0.3) is 0 Å². The van der Waals surface area contributed by atoms with Crippen molar-refractivity contribution in [2.75, 3.05) is 25.5 Å². The van der Waals surface area contributed by atoms with Crippen LogP contribution in [0.5, 0.6) is 0 Å². The Kier molecular flexibility index (Phi) is 7.51. The summed E-state index contributed by atoms with van der Waals surface area (Å²) in [6.07, 6.45) is 5.64. The fraction of sp³-hybridized carbons (Fsp3) is 0.429. The van der Waals surface area contributed by atoms with Crippen LogP contribution >= 0.6 is 11.8 Å². The Bertz CT molecular complexity index is 891. The second-order valence-electron chi connectivity index (χ2n) is 7.26. The second kappa shape index (κ2) is 10.3. The summed E-state index contributed by atoms with van der Waals surface area (Å²) in [6.45, 7) is 2.40. The lowest BCUT2D eigenvalue weighted by atomic mass is 9.94. The Balaban J connectivity index is 1.57. The number of carbonyl (C=O) groups excluding carboxylic acids is 3. The molecule has 1 aliphatic heterocycles. The van der Waals surface area contributed by atoms with Crippen molar-refractivity contribution in [3.05, 3.63) is 40.4 Å². The number of carbonyl (C=O) groups is 3. The van der Waals surface area contributed by atoms with Gasteiger partial charge in [-0.1, -0.05) is 36.2 Å². The van der Waals surface area contributed by atoms with Crippen molar-refractivity contribution >= 4 is 40.4 Å². The van der Waals surface area contributed by atoms with Gasteiger partial charge in [0, 0.05) is 22.6 Å². The van der Waals surface area contributed by atoms with E-state index in [-0.39, 0.29) is 24.2 Å². The average molecular weight is 431 g/mol. The van der Waals surface area contributed by atoms with Crippen molar-refractivity contribution in [1.29, 1.82) is 0 Å². The van der Waals surface area contributed by atoms with Crippen LogP contribution in [0.2, 0.25) is 0 Å². The van der Waals surface area contributed by atoms with Gasteiger partial charge in [0.2, 0.25) is 0 Å². The first-order valence-corrected chi connectivity index (χ1v) is 10.7. The van der Waals surface area contributed by atoms with Gasteiger partial charge in [-0.3, -0.25) is 19.9 Å².